The molecule has 0 aromatic heterocycles. The van der Waals surface area contributed by atoms with Gasteiger partial charge in [-0.25, -0.2) is 4.79 Å². The maximum atomic E-state index is 11.5. The number of rotatable bonds is 6. The van der Waals surface area contributed by atoms with Gasteiger partial charge in [-0.1, -0.05) is 18.7 Å². The van der Waals surface area contributed by atoms with Crippen molar-refractivity contribution in [2.75, 3.05) is 13.7 Å². The summed E-state index contributed by atoms with van der Waals surface area (Å²) in [5.74, 6) is 1.54. The molecule has 0 amide bonds. The van der Waals surface area contributed by atoms with Crippen LogP contribution in [0.4, 0.5) is 0 Å². The molecule has 0 unspecified atom stereocenters. The number of methoxy groups -OCH3 is 1. The predicted octanol–water partition coefficient (Wildman–Crippen LogP) is 4.24. The van der Waals surface area contributed by atoms with Gasteiger partial charge in [-0.05, 0) is 43.7 Å². The Morgan fingerprint density at radius 3 is 2.30 bits per heavy atom. The molecule has 0 atom stereocenters. The van der Waals surface area contributed by atoms with Crippen LogP contribution in [0.5, 0.6) is 17.2 Å². The molecule has 0 aliphatic heterocycles. The second-order valence-electron chi connectivity index (χ2n) is 4.99. The van der Waals surface area contributed by atoms with Crippen molar-refractivity contribution < 1.29 is 19.0 Å². The molecular weight excluding hydrogens is 292 g/mol. The molecule has 120 valence electrons. The van der Waals surface area contributed by atoms with Crippen LogP contribution in [-0.4, -0.2) is 19.7 Å². The highest BCUT2D eigenvalue weighted by Gasteiger charge is 2.10. The molecule has 0 saturated carbocycles. The minimum absolute atomic E-state index is 0.364. The van der Waals surface area contributed by atoms with Gasteiger partial charge in [-0.2, -0.15) is 0 Å². The van der Waals surface area contributed by atoms with Gasteiger partial charge < -0.3 is 14.2 Å². The van der Waals surface area contributed by atoms with Crippen LogP contribution in [0.2, 0.25) is 0 Å². The van der Waals surface area contributed by atoms with Crippen LogP contribution in [0.3, 0.4) is 0 Å². The molecule has 0 fully saturated rings. The number of hydrogen-bond donors (Lipinski definition) is 0. The zero-order valence-corrected chi connectivity index (χ0v) is 13.6. The van der Waals surface area contributed by atoms with Gasteiger partial charge in [0.1, 0.15) is 17.2 Å². The highest BCUT2D eigenvalue weighted by atomic mass is 16.5. The normalized spacial score (nSPS) is 10.0. The smallest absolute Gasteiger partial charge is 0.338 e. The maximum Gasteiger partial charge on any atom is 0.338 e. The average molecular weight is 312 g/mol. The van der Waals surface area contributed by atoms with E-state index in [0.717, 1.165) is 22.6 Å². The molecule has 4 heteroatoms. The Bertz CT molecular complexity index is 702. The minimum atomic E-state index is -0.433. The number of carbonyl (C=O) groups excluding carboxylic acids is 1. The van der Waals surface area contributed by atoms with Gasteiger partial charge in [0.2, 0.25) is 0 Å². The Kier molecular flexibility index (Phi) is 5.41. The third kappa shape index (κ3) is 4.13. The Balaban J connectivity index is 2.28. The molecular formula is C19H20O4. The predicted molar refractivity (Wildman–Crippen MR) is 90.0 cm³/mol. The Morgan fingerprint density at radius 2 is 1.74 bits per heavy atom. The lowest BCUT2D eigenvalue weighted by atomic mass is 10.0. The molecule has 0 heterocycles. The van der Waals surface area contributed by atoms with Crippen molar-refractivity contribution in [3.05, 3.63) is 54.6 Å². The molecule has 23 heavy (non-hydrogen) atoms. The van der Waals surface area contributed by atoms with E-state index in [1.807, 2.05) is 37.3 Å². The molecule has 2 aromatic carbocycles. The standard InChI is InChI=1S/C19H20O4/c1-5-22-18-12-16(21-4)10-11-17(18)14-6-8-15(9-7-14)23-19(20)13(2)3/h6-12H,2,5H2,1,3-4H3. The van der Waals surface area contributed by atoms with Crippen molar-refractivity contribution >= 4 is 5.97 Å². The fourth-order valence-electron chi connectivity index (χ4n) is 2.04. The van der Waals surface area contributed by atoms with Crippen LogP contribution < -0.4 is 14.2 Å². The van der Waals surface area contributed by atoms with Crippen LogP contribution in [0.15, 0.2) is 54.6 Å². The molecule has 2 rings (SSSR count). The van der Waals surface area contributed by atoms with Crippen molar-refractivity contribution in [3.63, 3.8) is 0 Å². The van der Waals surface area contributed by atoms with Gasteiger partial charge in [0, 0.05) is 17.2 Å². The summed E-state index contributed by atoms with van der Waals surface area (Å²) in [5.41, 5.74) is 2.28. The number of esters is 1. The van der Waals surface area contributed by atoms with Gasteiger partial charge >= 0.3 is 5.97 Å². The summed E-state index contributed by atoms with van der Waals surface area (Å²) in [6.45, 7) is 7.67. The van der Waals surface area contributed by atoms with E-state index in [9.17, 15) is 4.79 Å². The van der Waals surface area contributed by atoms with Crippen molar-refractivity contribution in [1.82, 2.24) is 0 Å². The fraction of sp³-hybridized carbons (Fsp3) is 0.211. The lowest BCUT2D eigenvalue weighted by molar-refractivity contribution is -0.130. The largest absolute Gasteiger partial charge is 0.497 e. The second kappa shape index (κ2) is 7.49. The zero-order chi connectivity index (χ0) is 16.8. The molecule has 0 aliphatic carbocycles. The van der Waals surface area contributed by atoms with E-state index >= 15 is 0 Å². The Labute approximate surface area is 136 Å². The lowest BCUT2D eigenvalue weighted by Crippen LogP contribution is -2.07. The number of ether oxygens (including phenoxy) is 3. The van der Waals surface area contributed by atoms with Crippen molar-refractivity contribution in [2.45, 2.75) is 13.8 Å². The van der Waals surface area contributed by atoms with Crippen molar-refractivity contribution in [2.24, 2.45) is 0 Å². The SMILES string of the molecule is C=C(C)C(=O)Oc1ccc(-c2ccc(OC)cc2OCC)cc1. The van der Waals surface area contributed by atoms with E-state index in [1.54, 1.807) is 26.2 Å². The molecule has 0 bridgehead atoms. The van der Waals surface area contributed by atoms with Gasteiger partial charge in [-0.3, -0.25) is 0 Å². The summed E-state index contributed by atoms with van der Waals surface area (Å²) in [5, 5.41) is 0. The summed E-state index contributed by atoms with van der Waals surface area (Å²) in [7, 11) is 1.62. The number of carbonyl (C=O) groups is 1. The highest BCUT2D eigenvalue weighted by molar-refractivity contribution is 5.88. The third-order valence-electron chi connectivity index (χ3n) is 3.21. The molecule has 0 radical (unpaired) electrons. The lowest BCUT2D eigenvalue weighted by Gasteiger charge is -2.12. The summed E-state index contributed by atoms with van der Waals surface area (Å²) in [6.07, 6.45) is 0. The van der Waals surface area contributed by atoms with E-state index in [-0.39, 0.29) is 0 Å². The van der Waals surface area contributed by atoms with Crippen LogP contribution >= 0.6 is 0 Å². The number of hydrogen-bond acceptors (Lipinski definition) is 4. The van der Waals surface area contributed by atoms with Crippen molar-refractivity contribution in [3.8, 4) is 28.4 Å². The van der Waals surface area contributed by atoms with E-state index in [0.29, 0.717) is 17.9 Å². The third-order valence-corrected chi connectivity index (χ3v) is 3.21. The first-order valence-corrected chi connectivity index (χ1v) is 7.34. The molecule has 0 N–H and O–H groups in total. The van der Waals surface area contributed by atoms with E-state index in [1.165, 1.54) is 0 Å². The topological polar surface area (TPSA) is 44.8 Å². The molecule has 0 aliphatic rings. The van der Waals surface area contributed by atoms with Crippen LogP contribution in [0.25, 0.3) is 11.1 Å². The summed E-state index contributed by atoms with van der Waals surface area (Å²) in [6, 6.07) is 12.9. The Morgan fingerprint density at radius 1 is 1.09 bits per heavy atom. The van der Waals surface area contributed by atoms with Gasteiger partial charge in [0.15, 0.2) is 0 Å². The summed E-state index contributed by atoms with van der Waals surface area (Å²) < 4.78 is 16.1. The summed E-state index contributed by atoms with van der Waals surface area (Å²) >= 11 is 0. The molecule has 0 saturated heterocycles. The van der Waals surface area contributed by atoms with E-state index < -0.39 is 5.97 Å². The van der Waals surface area contributed by atoms with Crippen LogP contribution in [0.1, 0.15) is 13.8 Å². The molecule has 4 nitrogen and oxygen atoms in total. The second-order valence-corrected chi connectivity index (χ2v) is 4.99. The maximum absolute atomic E-state index is 11.5. The molecule has 2 aromatic rings. The fourth-order valence-corrected chi connectivity index (χ4v) is 2.04. The number of benzene rings is 2. The van der Waals surface area contributed by atoms with Gasteiger partial charge in [0.25, 0.3) is 0 Å². The highest BCUT2D eigenvalue weighted by Crippen LogP contribution is 2.34. The first kappa shape index (κ1) is 16.6. The van der Waals surface area contributed by atoms with Crippen LogP contribution in [0, 0.1) is 0 Å². The van der Waals surface area contributed by atoms with Crippen molar-refractivity contribution in [1.29, 1.82) is 0 Å². The van der Waals surface area contributed by atoms with Gasteiger partial charge in [0.05, 0.1) is 13.7 Å². The first-order chi connectivity index (χ1) is 11.0. The zero-order valence-electron chi connectivity index (χ0n) is 13.6. The average Bonchev–Trinajstić information content (AvgIpc) is 2.56. The first-order valence-electron chi connectivity index (χ1n) is 7.34. The molecule has 0 spiro atoms. The van der Waals surface area contributed by atoms with Gasteiger partial charge in [-0.15, -0.1) is 0 Å². The monoisotopic (exact) mass is 312 g/mol. The minimum Gasteiger partial charge on any atom is -0.497 e. The van der Waals surface area contributed by atoms with Crippen LogP contribution in [-0.2, 0) is 4.79 Å². The van der Waals surface area contributed by atoms with E-state index in [2.05, 4.69) is 6.58 Å². The summed E-state index contributed by atoms with van der Waals surface area (Å²) in [4.78, 5) is 11.5. The van der Waals surface area contributed by atoms with E-state index in [4.69, 9.17) is 14.2 Å². The Hall–Kier alpha value is -2.75. The quantitative estimate of drug-likeness (QED) is 0.454.